The molecule has 1 aliphatic heterocycles. The van der Waals surface area contributed by atoms with Crippen LogP contribution in [0.15, 0.2) is 36.9 Å². The molecule has 1 amide bonds. The highest BCUT2D eigenvalue weighted by atomic mass is 35.5. The van der Waals surface area contributed by atoms with Crippen molar-refractivity contribution in [2.24, 2.45) is 0 Å². The number of hydrogen-bond donors (Lipinski definition) is 2. The van der Waals surface area contributed by atoms with Crippen molar-refractivity contribution in [1.29, 1.82) is 0 Å². The third-order valence-electron chi connectivity index (χ3n) is 5.99. The van der Waals surface area contributed by atoms with Crippen molar-refractivity contribution in [3.8, 4) is 0 Å². The number of nitrogens with one attached hydrogen (secondary N) is 1. The predicted octanol–water partition coefficient (Wildman–Crippen LogP) is 4.74. The van der Waals surface area contributed by atoms with Gasteiger partial charge in [0.05, 0.1) is 26.5 Å². The third kappa shape index (κ3) is 4.10. The number of carboxylic acids is 1. The molecule has 1 aromatic heterocycles. The largest absolute Gasteiger partial charge is 0.480 e. The van der Waals surface area contributed by atoms with Gasteiger partial charge in [0.1, 0.15) is 18.2 Å². The maximum atomic E-state index is 15.1. The Bertz CT molecular complexity index is 1340. The second-order valence-electron chi connectivity index (χ2n) is 8.13. The molecule has 1 aliphatic rings. The fraction of sp³-hybridized carbons (Fsp3) is 0.261. The molecule has 7 nitrogen and oxygen atoms in total. The Morgan fingerprint density at radius 3 is 2.71 bits per heavy atom. The minimum absolute atomic E-state index is 0.00907. The van der Waals surface area contributed by atoms with Gasteiger partial charge < -0.3 is 15.3 Å². The second-order valence-corrected chi connectivity index (χ2v) is 8.91. The molecular weight excluding hydrogens is 489 g/mol. The van der Waals surface area contributed by atoms with E-state index in [1.807, 2.05) is 0 Å². The molecule has 34 heavy (non-hydrogen) atoms. The number of carbonyl (C=O) groups excluding carboxylic acids is 1. The van der Waals surface area contributed by atoms with Gasteiger partial charge in [0.2, 0.25) is 5.91 Å². The number of benzene rings is 2. The van der Waals surface area contributed by atoms with E-state index >= 15 is 8.78 Å². The van der Waals surface area contributed by atoms with Crippen molar-refractivity contribution in [2.75, 3.05) is 18.4 Å². The van der Waals surface area contributed by atoms with Gasteiger partial charge in [0.25, 0.3) is 0 Å². The number of aryl methyl sites for hydroxylation is 1. The smallest absolute Gasteiger partial charge is 0.325 e. The standard InChI is InChI=1S/C23H20Cl2F2N4O3/c1-3-18(32)30-7-6-23(11-30,21-15(26)5-4-14(24)22(21)25)28-13-8-16(27)20-12(2)31(10-19(33)34)29-17(20)9-13/h3-5,8-9,28H,1,6-7,10-11H2,2H3,(H,33,34). The van der Waals surface area contributed by atoms with Crippen molar-refractivity contribution >= 4 is 51.7 Å². The van der Waals surface area contributed by atoms with Gasteiger partial charge in [0, 0.05) is 30.0 Å². The van der Waals surface area contributed by atoms with E-state index in [1.54, 1.807) is 13.0 Å². The summed E-state index contributed by atoms with van der Waals surface area (Å²) in [7, 11) is 0. The van der Waals surface area contributed by atoms with E-state index < -0.39 is 29.7 Å². The minimum atomic E-state index is -1.22. The Kier molecular flexibility index (Phi) is 6.26. The van der Waals surface area contributed by atoms with Crippen molar-refractivity contribution in [2.45, 2.75) is 25.4 Å². The van der Waals surface area contributed by atoms with E-state index in [4.69, 9.17) is 28.3 Å². The first-order valence-electron chi connectivity index (χ1n) is 10.3. The van der Waals surface area contributed by atoms with Crippen LogP contribution in [0.2, 0.25) is 10.0 Å². The zero-order valence-corrected chi connectivity index (χ0v) is 19.6. The quantitative estimate of drug-likeness (QED) is 0.371. The van der Waals surface area contributed by atoms with E-state index in [2.05, 4.69) is 17.0 Å². The summed E-state index contributed by atoms with van der Waals surface area (Å²) in [5.74, 6) is -2.71. The molecule has 2 N–H and O–H groups in total. The lowest BCUT2D eigenvalue weighted by molar-refractivity contribution is -0.138. The van der Waals surface area contributed by atoms with Crippen LogP contribution in [-0.2, 0) is 21.7 Å². The van der Waals surface area contributed by atoms with Crippen LogP contribution in [0.1, 0.15) is 17.7 Å². The summed E-state index contributed by atoms with van der Waals surface area (Å²) in [6, 6.07) is 5.28. The molecule has 1 unspecified atom stereocenters. The summed E-state index contributed by atoms with van der Waals surface area (Å²) in [5.41, 5.74) is -0.305. The number of fused-ring (bicyclic) bond motifs is 1. The number of halogens is 4. The van der Waals surface area contributed by atoms with Gasteiger partial charge >= 0.3 is 5.97 Å². The van der Waals surface area contributed by atoms with Gasteiger partial charge in [-0.3, -0.25) is 14.3 Å². The topological polar surface area (TPSA) is 87.5 Å². The Balaban J connectivity index is 1.83. The second kappa shape index (κ2) is 8.88. The van der Waals surface area contributed by atoms with Gasteiger partial charge in [-0.25, -0.2) is 8.78 Å². The molecular formula is C23H20Cl2F2N4O3. The molecule has 3 aromatic rings. The number of nitrogens with zero attached hydrogens (tertiary/aromatic N) is 3. The molecule has 0 bridgehead atoms. The number of hydrogen-bond acceptors (Lipinski definition) is 4. The monoisotopic (exact) mass is 508 g/mol. The zero-order valence-electron chi connectivity index (χ0n) is 18.0. The number of anilines is 1. The highest BCUT2D eigenvalue weighted by Crippen LogP contribution is 2.43. The fourth-order valence-electron chi connectivity index (χ4n) is 4.46. The van der Waals surface area contributed by atoms with Crippen LogP contribution in [0.3, 0.4) is 0 Å². The number of amides is 1. The van der Waals surface area contributed by atoms with E-state index in [0.29, 0.717) is 5.69 Å². The molecule has 0 aliphatic carbocycles. The molecule has 0 saturated carbocycles. The lowest BCUT2D eigenvalue weighted by Gasteiger charge is -2.33. The normalized spacial score (nSPS) is 17.9. The van der Waals surface area contributed by atoms with Crippen molar-refractivity contribution in [1.82, 2.24) is 14.7 Å². The van der Waals surface area contributed by atoms with Gasteiger partial charge in [-0.05, 0) is 43.7 Å². The fourth-order valence-corrected chi connectivity index (χ4v) is 4.95. The Labute approximate surface area is 203 Å². The van der Waals surface area contributed by atoms with Crippen LogP contribution in [0.4, 0.5) is 14.5 Å². The number of likely N-dealkylation sites (tertiary alicyclic amines) is 1. The molecule has 11 heteroatoms. The van der Waals surface area contributed by atoms with E-state index in [1.165, 1.54) is 27.8 Å². The van der Waals surface area contributed by atoms with E-state index in [-0.39, 0.29) is 57.6 Å². The Morgan fingerprint density at radius 2 is 2.03 bits per heavy atom. The summed E-state index contributed by atoms with van der Waals surface area (Å²) >= 11 is 12.6. The lowest BCUT2D eigenvalue weighted by atomic mass is 9.87. The number of carboxylic acid groups (broad SMARTS) is 1. The summed E-state index contributed by atoms with van der Waals surface area (Å²) < 4.78 is 31.4. The first kappa shape index (κ1) is 24.0. The van der Waals surface area contributed by atoms with Crippen LogP contribution < -0.4 is 5.32 Å². The molecule has 0 radical (unpaired) electrons. The molecule has 0 spiro atoms. The summed E-state index contributed by atoms with van der Waals surface area (Å²) in [6.45, 7) is 4.96. The van der Waals surface area contributed by atoms with Crippen molar-refractivity contribution in [3.63, 3.8) is 0 Å². The highest BCUT2D eigenvalue weighted by molar-refractivity contribution is 6.42. The van der Waals surface area contributed by atoms with Crippen molar-refractivity contribution in [3.05, 3.63) is 69.9 Å². The summed E-state index contributed by atoms with van der Waals surface area (Å²) in [4.78, 5) is 24.9. The van der Waals surface area contributed by atoms with Crippen molar-refractivity contribution < 1.29 is 23.5 Å². The SMILES string of the molecule is C=CC(=O)N1CCC(Nc2cc(F)c3c(C)n(CC(=O)O)nc3c2)(c2c(F)ccc(Cl)c2Cl)C1. The average Bonchev–Trinajstić information content (AvgIpc) is 3.32. The molecule has 1 atom stereocenters. The number of carbonyl (C=O) groups is 2. The maximum absolute atomic E-state index is 15.1. The van der Waals surface area contributed by atoms with Gasteiger partial charge in [-0.15, -0.1) is 0 Å². The van der Waals surface area contributed by atoms with Crippen LogP contribution in [0.5, 0.6) is 0 Å². The molecule has 1 fully saturated rings. The predicted molar refractivity (Wildman–Crippen MR) is 125 cm³/mol. The first-order valence-corrected chi connectivity index (χ1v) is 11.0. The Morgan fingerprint density at radius 1 is 1.29 bits per heavy atom. The zero-order chi connectivity index (χ0) is 24.8. The summed E-state index contributed by atoms with van der Waals surface area (Å²) in [6.07, 6.45) is 1.42. The van der Waals surface area contributed by atoms with Crippen LogP contribution in [-0.4, -0.2) is 44.8 Å². The van der Waals surface area contributed by atoms with Gasteiger partial charge in [-0.1, -0.05) is 29.8 Å². The minimum Gasteiger partial charge on any atom is -0.480 e. The third-order valence-corrected chi connectivity index (χ3v) is 6.80. The number of aliphatic carboxylic acids is 1. The lowest BCUT2D eigenvalue weighted by Crippen LogP contribution is -2.41. The van der Waals surface area contributed by atoms with Crippen LogP contribution >= 0.6 is 23.2 Å². The van der Waals surface area contributed by atoms with Gasteiger partial charge in [-0.2, -0.15) is 5.10 Å². The molecule has 1 saturated heterocycles. The summed E-state index contributed by atoms with van der Waals surface area (Å²) in [5, 5.41) is 16.8. The van der Waals surface area contributed by atoms with Crippen LogP contribution in [0.25, 0.3) is 10.9 Å². The van der Waals surface area contributed by atoms with E-state index in [9.17, 15) is 9.59 Å². The average molecular weight is 509 g/mol. The number of rotatable bonds is 6. The van der Waals surface area contributed by atoms with E-state index in [0.717, 1.165) is 6.08 Å². The molecule has 178 valence electrons. The maximum Gasteiger partial charge on any atom is 0.325 e. The highest BCUT2D eigenvalue weighted by Gasteiger charge is 2.44. The molecule has 2 heterocycles. The molecule has 4 rings (SSSR count). The molecule has 2 aromatic carbocycles. The van der Waals surface area contributed by atoms with Gasteiger partial charge in [0.15, 0.2) is 0 Å². The first-order chi connectivity index (χ1) is 16.1. The van der Waals surface area contributed by atoms with Crippen LogP contribution in [0, 0.1) is 18.6 Å². The Hall–Kier alpha value is -3.17. The number of aromatic nitrogens is 2.